The van der Waals surface area contributed by atoms with Crippen LogP contribution in [0, 0.1) is 0 Å². The van der Waals surface area contributed by atoms with E-state index in [1.807, 2.05) is 0 Å². The molecule has 0 aromatic heterocycles. The Morgan fingerprint density at radius 2 is 1.55 bits per heavy atom. The molecule has 2 nitrogen and oxygen atoms in total. The summed E-state index contributed by atoms with van der Waals surface area (Å²) in [5.41, 5.74) is 0.504. The molecule has 1 saturated carbocycles. The number of hydrogen-bond acceptors (Lipinski definition) is 2. The van der Waals surface area contributed by atoms with Crippen LogP contribution in [-0.2, 0) is 9.47 Å². The fourth-order valence-corrected chi connectivity index (χ4v) is 2.37. The second kappa shape index (κ2) is 1.80. The molecule has 62 valence electrons. The Bertz CT molecular complexity index is 178. The Kier molecular flexibility index (Phi) is 1.06. The number of ether oxygens (including phenoxy) is 2. The van der Waals surface area contributed by atoms with Crippen LogP contribution in [0.5, 0.6) is 0 Å². The van der Waals surface area contributed by atoms with Crippen molar-refractivity contribution in [3.05, 3.63) is 0 Å². The molecule has 0 aromatic rings. The van der Waals surface area contributed by atoms with Crippen molar-refractivity contribution in [2.75, 3.05) is 13.2 Å². The van der Waals surface area contributed by atoms with Crippen LogP contribution in [0.4, 0.5) is 0 Å². The molecule has 2 saturated heterocycles. The fourth-order valence-electron chi connectivity index (χ4n) is 2.37. The summed E-state index contributed by atoms with van der Waals surface area (Å²) in [6.45, 7) is 1.77. The average Bonchev–Trinajstić information content (AvgIpc) is 2.46. The molecule has 0 aromatic carbocycles. The van der Waals surface area contributed by atoms with Gasteiger partial charge in [-0.1, -0.05) is 0 Å². The van der Waals surface area contributed by atoms with E-state index >= 15 is 0 Å². The fraction of sp³-hybridized carbons (Fsp3) is 1.00. The SMILES string of the molecule is C1CC2(CCC3(CC3)O2)CO1. The topological polar surface area (TPSA) is 18.5 Å². The first-order chi connectivity index (χ1) is 5.33. The minimum atomic E-state index is 0.163. The molecule has 0 amide bonds. The zero-order valence-electron chi connectivity index (χ0n) is 6.77. The lowest BCUT2D eigenvalue weighted by atomic mass is 9.99. The summed E-state index contributed by atoms with van der Waals surface area (Å²) in [5.74, 6) is 0. The Hall–Kier alpha value is -0.0800. The zero-order chi connectivity index (χ0) is 7.36. The standard InChI is InChI=1S/C9H14O2/c1-2-8(1)3-4-9(11-8)5-6-10-7-9/h1-7H2. The van der Waals surface area contributed by atoms with Crippen molar-refractivity contribution in [2.45, 2.75) is 43.3 Å². The Balaban J connectivity index is 1.80. The Morgan fingerprint density at radius 1 is 0.818 bits per heavy atom. The predicted molar refractivity (Wildman–Crippen MR) is 40.5 cm³/mol. The molecule has 2 spiro atoms. The van der Waals surface area contributed by atoms with Crippen LogP contribution in [-0.4, -0.2) is 24.4 Å². The van der Waals surface area contributed by atoms with Crippen LogP contribution in [0.1, 0.15) is 32.1 Å². The lowest BCUT2D eigenvalue weighted by molar-refractivity contribution is -0.0566. The van der Waals surface area contributed by atoms with E-state index < -0.39 is 0 Å². The summed E-state index contributed by atoms with van der Waals surface area (Å²) >= 11 is 0. The molecule has 0 N–H and O–H groups in total. The van der Waals surface area contributed by atoms with Crippen LogP contribution < -0.4 is 0 Å². The maximum Gasteiger partial charge on any atom is 0.0945 e. The van der Waals surface area contributed by atoms with Crippen LogP contribution in [0.3, 0.4) is 0 Å². The molecule has 1 unspecified atom stereocenters. The average molecular weight is 154 g/mol. The van der Waals surface area contributed by atoms with Crippen molar-refractivity contribution in [1.29, 1.82) is 0 Å². The molecular weight excluding hydrogens is 140 g/mol. The van der Waals surface area contributed by atoms with Crippen molar-refractivity contribution in [3.8, 4) is 0 Å². The minimum absolute atomic E-state index is 0.163. The van der Waals surface area contributed by atoms with Crippen molar-refractivity contribution in [3.63, 3.8) is 0 Å². The second-order valence-electron chi connectivity index (χ2n) is 4.27. The molecular formula is C9H14O2. The first kappa shape index (κ1) is 6.44. The normalized spacial score (nSPS) is 45.8. The molecule has 1 atom stereocenters. The van der Waals surface area contributed by atoms with Gasteiger partial charge in [0.2, 0.25) is 0 Å². The molecule has 3 rings (SSSR count). The minimum Gasteiger partial charge on any atom is -0.378 e. The molecule has 0 bridgehead atoms. The van der Waals surface area contributed by atoms with Gasteiger partial charge in [0.05, 0.1) is 17.8 Å². The van der Waals surface area contributed by atoms with Crippen LogP contribution in [0.25, 0.3) is 0 Å². The summed E-state index contributed by atoms with van der Waals surface area (Å²) in [6.07, 6.45) is 6.27. The Morgan fingerprint density at radius 3 is 2.09 bits per heavy atom. The van der Waals surface area contributed by atoms with Gasteiger partial charge in [-0.3, -0.25) is 0 Å². The third-order valence-corrected chi connectivity index (χ3v) is 3.34. The van der Waals surface area contributed by atoms with Crippen molar-refractivity contribution in [2.24, 2.45) is 0 Å². The van der Waals surface area contributed by atoms with E-state index in [1.165, 1.54) is 25.7 Å². The van der Waals surface area contributed by atoms with E-state index in [0.29, 0.717) is 5.60 Å². The lowest BCUT2D eigenvalue weighted by Gasteiger charge is -2.21. The first-order valence-corrected chi connectivity index (χ1v) is 4.61. The summed E-state index contributed by atoms with van der Waals surface area (Å²) in [4.78, 5) is 0. The molecule has 3 aliphatic rings. The van der Waals surface area contributed by atoms with Gasteiger partial charge in [0, 0.05) is 13.0 Å². The monoisotopic (exact) mass is 154 g/mol. The van der Waals surface area contributed by atoms with Gasteiger partial charge in [-0.2, -0.15) is 0 Å². The third-order valence-electron chi connectivity index (χ3n) is 3.34. The van der Waals surface area contributed by atoms with Gasteiger partial charge in [-0.25, -0.2) is 0 Å². The second-order valence-corrected chi connectivity index (χ2v) is 4.27. The largest absolute Gasteiger partial charge is 0.378 e. The van der Waals surface area contributed by atoms with Crippen LogP contribution >= 0.6 is 0 Å². The number of rotatable bonds is 0. The van der Waals surface area contributed by atoms with E-state index in [0.717, 1.165) is 19.6 Å². The molecule has 1 aliphatic carbocycles. The number of hydrogen-bond donors (Lipinski definition) is 0. The molecule has 2 heterocycles. The van der Waals surface area contributed by atoms with E-state index in [-0.39, 0.29) is 5.60 Å². The van der Waals surface area contributed by atoms with Gasteiger partial charge in [0.15, 0.2) is 0 Å². The highest BCUT2D eigenvalue weighted by Gasteiger charge is 2.56. The van der Waals surface area contributed by atoms with E-state index in [1.54, 1.807) is 0 Å². The molecule has 3 fully saturated rings. The van der Waals surface area contributed by atoms with Gasteiger partial charge >= 0.3 is 0 Å². The Labute approximate surface area is 66.9 Å². The van der Waals surface area contributed by atoms with Crippen molar-refractivity contribution in [1.82, 2.24) is 0 Å². The lowest BCUT2D eigenvalue weighted by Crippen LogP contribution is -2.29. The maximum absolute atomic E-state index is 6.08. The molecule has 11 heavy (non-hydrogen) atoms. The molecule has 2 aliphatic heterocycles. The highest BCUT2D eigenvalue weighted by molar-refractivity contribution is 5.06. The van der Waals surface area contributed by atoms with Gasteiger partial charge in [-0.05, 0) is 25.7 Å². The van der Waals surface area contributed by atoms with Crippen molar-refractivity contribution >= 4 is 0 Å². The van der Waals surface area contributed by atoms with Crippen molar-refractivity contribution < 1.29 is 9.47 Å². The van der Waals surface area contributed by atoms with Gasteiger partial charge in [0.1, 0.15) is 0 Å². The quantitative estimate of drug-likeness (QED) is 0.526. The van der Waals surface area contributed by atoms with Crippen LogP contribution in [0.15, 0.2) is 0 Å². The summed E-state index contributed by atoms with van der Waals surface area (Å²) in [7, 11) is 0. The smallest absolute Gasteiger partial charge is 0.0945 e. The zero-order valence-corrected chi connectivity index (χ0v) is 6.77. The highest BCUT2D eigenvalue weighted by Crippen LogP contribution is 2.55. The van der Waals surface area contributed by atoms with Gasteiger partial charge in [-0.15, -0.1) is 0 Å². The van der Waals surface area contributed by atoms with E-state index in [2.05, 4.69) is 0 Å². The van der Waals surface area contributed by atoms with E-state index in [9.17, 15) is 0 Å². The summed E-state index contributed by atoms with van der Waals surface area (Å²) in [6, 6.07) is 0. The highest BCUT2D eigenvalue weighted by atomic mass is 16.6. The van der Waals surface area contributed by atoms with Gasteiger partial charge in [0.25, 0.3) is 0 Å². The molecule has 2 heteroatoms. The molecule has 0 radical (unpaired) electrons. The van der Waals surface area contributed by atoms with Crippen LogP contribution in [0.2, 0.25) is 0 Å². The van der Waals surface area contributed by atoms with E-state index in [4.69, 9.17) is 9.47 Å². The van der Waals surface area contributed by atoms with Gasteiger partial charge < -0.3 is 9.47 Å². The predicted octanol–water partition coefficient (Wildman–Crippen LogP) is 1.49. The third kappa shape index (κ3) is 0.859. The maximum atomic E-state index is 6.08. The first-order valence-electron chi connectivity index (χ1n) is 4.61. The summed E-state index contributed by atoms with van der Waals surface area (Å²) in [5, 5.41) is 0. The summed E-state index contributed by atoms with van der Waals surface area (Å²) < 4.78 is 11.5.